The molecule has 0 spiro atoms. The van der Waals surface area contributed by atoms with Crippen molar-refractivity contribution in [1.82, 2.24) is 9.13 Å². The Hall–Kier alpha value is -2.96. The van der Waals surface area contributed by atoms with Crippen LogP contribution in [0.2, 0.25) is 0 Å². The molecule has 120 valence electrons. The number of nitrogens with one attached hydrogen (secondary N) is 1. The maximum Gasteiger partial charge on any atom is 0.330 e. The number of carbonyl (C=O) groups is 1. The highest BCUT2D eigenvalue weighted by atomic mass is 19.1. The molecule has 0 saturated carbocycles. The predicted octanol–water partition coefficient (Wildman–Crippen LogP) is 1.18. The molecule has 1 aromatic heterocycles. The standard InChI is InChI=1S/C16H16FN3O3/c1-10-4-6-12(17)13(8-10)18-14(21)7-5-11-9-19(2)16(23)20(3)15(11)22/h4-9H,1-3H3,(H,18,21)/b7-5+. The Morgan fingerprint density at radius 3 is 2.65 bits per heavy atom. The fourth-order valence-electron chi connectivity index (χ4n) is 2.03. The van der Waals surface area contributed by atoms with Gasteiger partial charge in [0, 0.05) is 26.4 Å². The third-order valence-corrected chi connectivity index (χ3v) is 3.27. The molecule has 0 bridgehead atoms. The molecule has 0 aliphatic carbocycles. The van der Waals surface area contributed by atoms with E-state index in [2.05, 4.69) is 5.32 Å². The summed E-state index contributed by atoms with van der Waals surface area (Å²) >= 11 is 0. The number of amides is 1. The Bertz CT molecular complexity index is 910. The fraction of sp³-hybridized carbons (Fsp3) is 0.188. The van der Waals surface area contributed by atoms with E-state index >= 15 is 0 Å². The van der Waals surface area contributed by atoms with E-state index in [0.717, 1.165) is 16.2 Å². The molecule has 1 amide bonds. The zero-order valence-corrected chi connectivity index (χ0v) is 13.0. The van der Waals surface area contributed by atoms with Gasteiger partial charge in [-0.05, 0) is 30.7 Å². The van der Waals surface area contributed by atoms with E-state index in [1.807, 2.05) is 0 Å². The number of aromatic nitrogens is 2. The summed E-state index contributed by atoms with van der Waals surface area (Å²) in [6.45, 7) is 1.78. The van der Waals surface area contributed by atoms with Crippen LogP contribution in [0, 0.1) is 12.7 Å². The minimum Gasteiger partial charge on any atom is -0.320 e. The molecular weight excluding hydrogens is 301 g/mol. The van der Waals surface area contributed by atoms with Gasteiger partial charge in [-0.25, -0.2) is 9.18 Å². The lowest BCUT2D eigenvalue weighted by atomic mass is 10.2. The van der Waals surface area contributed by atoms with Crippen molar-refractivity contribution in [2.75, 3.05) is 5.32 Å². The van der Waals surface area contributed by atoms with Gasteiger partial charge in [0.2, 0.25) is 5.91 Å². The van der Waals surface area contributed by atoms with Crippen LogP contribution < -0.4 is 16.6 Å². The van der Waals surface area contributed by atoms with E-state index in [-0.39, 0.29) is 11.3 Å². The summed E-state index contributed by atoms with van der Waals surface area (Å²) in [6.07, 6.45) is 3.73. The summed E-state index contributed by atoms with van der Waals surface area (Å²) in [5, 5.41) is 2.40. The van der Waals surface area contributed by atoms with Crippen LogP contribution >= 0.6 is 0 Å². The van der Waals surface area contributed by atoms with Crippen molar-refractivity contribution in [2.45, 2.75) is 6.92 Å². The monoisotopic (exact) mass is 317 g/mol. The van der Waals surface area contributed by atoms with Gasteiger partial charge in [-0.2, -0.15) is 0 Å². The molecule has 1 N–H and O–H groups in total. The van der Waals surface area contributed by atoms with Gasteiger partial charge in [0.15, 0.2) is 0 Å². The second-order valence-electron chi connectivity index (χ2n) is 5.15. The first-order valence-electron chi connectivity index (χ1n) is 6.81. The number of hydrogen-bond donors (Lipinski definition) is 1. The number of hydrogen-bond acceptors (Lipinski definition) is 3. The molecule has 7 heteroatoms. The van der Waals surface area contributed by atoms with E-state index in [0.29, 0.717) is 0 Å². The Kier molecular flexibility index (Phi) is 4.59. The SMILES string of the molecule is Cc1ccc(F)c(NC(=O)/C=C/c2cn(C)c(=O)n(C)c2=O)c1. The van der Waals surface area contributed by atoms with Crippen LogP contribution in [0.3, 0.4) is 0 Å². The highest BCUT2D eigenvalue weighted by molar-refractivity contribution is 6.02. The maximum atomic E-state index is 13.6. The molecule has 6 nitrogen and oxygen atoms in total. The number of aryl methyl sites for hydroxylation is 2. The minimum atomic E-state index is -0.578. The average molecular weight is 317 g/mol. The highest BCUT2D eigenvalue weighted by Gasteiger charge is 2.07. The number of benzene rings is 1. The molecule has 1 heterocycles. The van der Waals surface area contributed by atoms with Crippen LogP contribution in [0.15, 0.2) is 40.1 Å². The summed E-state index contributed by atoms with van der Waals surface area (Å²) in [7, 11) is 2.85. The first kappa shape index (κ1) is 16.4. The van der Waals surface area contributed by atoms with Crippen LogP contribution in [-0.2, 0) is 18.9 Å². The molecule has 23 heavy (non-hydrogen) atoms. The largest absolute Gasteiger partial charge is 0.330 e. The average Bonchev–Trinajstić information content (AvgIpc) is 2.51. The summed E-state index contributed by atoms with van der Waals surface area (Å²) in [6, 6.07) is 4.36. The fourth-order valence-corrected chi connectivity index (χ4v) is 2.03. The van der Waals surface area contributed by atoms with Crippen molar-refractivity contribution < 1.29 is 9.18 Å². The number of carbonyl (C=O) groups excluding carboxylic acids is 1. The second kappa shape index (κ2) is 6.43. The molecule has 0 saturated heterocycles. The molecule has 1 aromatic carbocycles. The predicted molar refractivity (Wildman–Crippen MR) is 85.7 cm³/mol. The van der Waals surface area contributed by atoms with Gasteiger partial charge in [0.1, 0.15) is 5.82 Å². The van der Waals surface area contributed by atoms with Crippen LogP contribution in [0.1, 0.15) is 11.1 Å². The van der Waals surface area contributed by atoms with E-state index in [9.17, 15) is 18.8 Å². The lowest BCUT2D eigenvalue weighted by molar-refractivity contribution is -0.111. The van der Waals surface area contributed by atoms with Crippen molar-refractivity contribution in [1.29, 1.82) is 0 Å². The van der Waals surface area contributed by atoms with Crippen LogP contribution in [-0.4, -0.2) is 15.0 Å². The molecule has 2 aromatic rings. The quantitative estimate of drug-likeness (QED) is 0.864. The van der Waals surface area contributed by atoms with E-state index in [4.69, 9.17) is 0 Å². The minimum absolute atomic E-state index is 0.0630. The van der Waals surface area contributed by atoms with Crippen molar-refractivity contribution in [3.8, 4) is 0 Å². The molecule has 0 unspecified atom stereocenters. The zero-order chi connectivity index (χ0) is 17.1. The van der Waals surface area contributed by atoms with Crippen LogP contribution in [0.5, 0.6) is 0 Å². The van der Waals surface area contributed by atoms with Crippen molar-refractivity contribution in [3.63, 3.8) is 0 Å². The third kappa shape index (κ3) is 3.63. The second-order valence-corrected chi connectivity index (χ2v) is 5.15. The van der Waals surface area contributed by atoms with Gasteiger partial charge in [0.05, 0.1) is 11.3 Å². The molecule has 0 radical (unpaired) electrons. The van der Waals surface area contributed by atoms with Gasteiger partial charge in [-0.15, -0.1) is 0 Å². The van der Waals surface area contributed by atoms with Gasteiger partial charge < -0.3 is 9.88 Å². The summed E-state index contributed by atoms with van der Waals surface area (Å²) in [4.78, 5) is 35.3. The topological polar surface area (TPSA) is 73.1 Å². The van der Waals surface area contributed by atoms with Gasteiger partial charge >= 0.3 is 5.69 Å². The first-order valence-corrected chi connectivity index (χ1v) is 6.81. The van der Waals surface area contributed by atoms with Gasteiger partial charge in [0.25, 0.3) is 5.56 Å². The molecule has 0 aliphatic heterocycles. The molecule has 0 fully saturated rings. The molecule has 0 atom stereocenters. The molecular formula is C16H16FN3O3. The summed E-state index contributed by atoms with van der Waals surface area (Å²) < 4.78 is 15.8. The Morgan fingerprint density at radius 1 is 1.26 bits per heavy atom. The summed E-state index contributed by atoms with van der Waals surface area (Å²) in [5.41, 5.74) is 0.0670. The van der Waals surface area contributed by atoms with Gasteiger partial charge in [-0.1, -0.05) is 6.07 Å². The Morgan fingerprint density at radius 2 is 1.96 bits per heavy atom. The van der Waals surface area contributed by atoms with Crippen molar-refractivity contribution in [3.05, 3.63) is 68.3 Å². The molecule has 0 aliphatic rings. The normalized spacial score (nSPS) is 11.0. The van der Waals surface area contributed by atoms with Crippen LogP contribution in [0.25, 0.3) is 6.08 Å². The Balaban J connectivity index is 2.24. The van der Waals surface area contributed by atoms with Gasteiger partial charge in [-0.3, -0.25) is 14.2 Å². The lowest BCUT2D eigenvalue weighted by Gasteiger charge is -2.05. The Labute approximate surface area is 131 Å². The number of anilines is 1. The summed E-state index contributed by atoms with van der Waals surface area (Å²) in [5.74, 6) is -1.12. The van der Waals surface area contributed by atoms with E-state index < -0.39 is 23.0 Å². The number of rotatable bonds is 3. The molecule has 2 rings (SSSR count). The maximum absolute atomic E-state index is 13.6. The van der Waals surface area contributed by atoms with E-state index in [1.54, 1.807) is 13.0 Å². The highest BCUT2D eigenvalue weighted by Crippen LogP contribution is 2.15. The third-order valence-electron chi connectivity index (χ3n) is 3.27. The zero-order valence-electron chi connectivity index (χ0n) is 13.0. The van der Waals surface area contributed by atoms with E-state index in [1.165, 1.54) is 43.1 Å². The van der Waals surface area contributed by atoms with Crippen molar-refractivity contribution >= 4 is 17.7 Å². The first-order chi connectivity index (χ1) is 10.8. The lowest BCUT2D eigenvalue weighted by Crippen LogP contribution is -2.37. The smallest absolute Gasteiger partial charge is 0.320 e. The number of halogens is 1. The van der Waals surface area contributed by atoms with Crippen LogP contribution in [0.4, 0.5) is 10.1 Å². The number of nitrogens with zero attached hydrogens (tertiary/aromatic N) is 2. The van der Waals surface area contributed by atoms with Crippen molar-refractivity contribution in [2.24, 2.45) is 14.1 Å².